The number of nitrogens with zero attached hydrogens (tertiary/aromatic N) is 1. The number of esters is 1. The maximum atomic E-state index is 12.8. The van der Waals surface area contributed by atoms with Gasteiger partial charge in [-0.25, -0.2) is 0 Å². The molecule has 0 radical (unpaired) electrons. The average Bonchev–Trinajstić information content (AvgIpc) is 3.17. The molecule has 3 aliphatic heterocycles. The predicted molar refractivity (Wildman–Crippen MR) is 92.9 cm³/mol. The van der Waals surface area contributed by atoms with Crippen molar-refractivity contribution in [3.05, 3.63) is 41.5 Å². The van der Waals surface area contributed by atoms with Gasteiger partial charge in [0.2, 0.25) is 0 Å². The quantitative estimate of drug-likeness (QED) is 0.637. The van der Waals surface area contributed by atoms with E-state index in [1.807, 2.05) is 0 Å². The zero-order chi connectivity index (χ0) is 16.5. The number of methoxy groups -OCH3 is 1. The summed E-state index contributed by atoms with van der Waals surface area (Å²) in [6.45, 7) is 4.24. The molecule has 4 nitrogen and oxygen atoms in total. The van der Waals surface area contributed by atoms with Crippen molar-refractivity contribution >= 4 is 11.7 Å². The number of benzene rings is 1. The van der Waals surface area contributed by atoms with Crippen LogP contribution in [0.1, 0.15) is 25.3 Å². The zero-order valence-corrected chi connectivity index (χ0v) is 14.3. The second-order valence-corrected chi connectivity index (χ2v) is 7.70. The van der Waals surface area contributed by atoms with E-state index >= 15 is 0 Å². The van der Waals surface area contributed by atoms with Gasteiger partial charge in [-0.05, 0) is 43.9 Å². The molecule has 2 saturated heterocycles. The van der Waals surface area contributed by atoms with Crippen LogP contribution in [0.25, 0.3) is 0 Å². The van der Waals surface area contributed by atoms with Gasteiger partial charge in [0.15, 0.2) is 0 Å². The molecule has 5 atom stereocenters. The summed E-state index contributed by atoms with van der Waals surface area (Å²) in [4.78, 5) is 15.4. The molecule has 5 rings (SSSR count). The SMILES string of the molecule is C/C=C1/CN2CCC34c5ccccc5N[C@H]3[C@@H](C(=O)OC)[C@H]1C[C@H]24. The van der Waals surface area contributed by atoms with Crippen LogP contribution in [0.15, 0.2) is 35.9 Å². The van der Waals surface area contributed by atoms with Crippen LogP contribution in [0.3, 0.4) is 0 Å². The van der Waals surface area contributed by atoms with Gasteiger partial charge in [0.1, 0.15) is 0 Å². The standard InChI is InChI=1S/C20H24N2O2/c1-3-12-11-22-9-8-20-14-6-4-5-7-15(14)21-18(20)17(19(23)24-2)13(12)10-16(20)22/h3-7,13,16-18,21H,8-11H2,1-2H3/b12-3-/t13-,16-,17-,18-,20?/m0/s1. The van der Waals surface area contributed by atoms with Crippen LogP contribution in [-0.2, 0) is 14.9 Å². The lowest BCUT2D eigenvalue weighted by Crippen LogP contribution is -2.63. The first-order chi connectivity index (χ1) is 11.7. The molecule has 1 aromatic rings. The summed E-state index contributed by atoms with van der Waals surface area (Å²) >= 11 is 0. The Labute approximate surface area is 142 Å². The summed E-state index contributed by atoms with van der Waals surface area (Å²) in [7, 11) is 1.53. The maximum absolute atomic E-state index is 12.8. The Morgan fingerprint density at radius 3 is 3.04 bits per heavy atom. The highest BCUT2D eigenvalue weighted by atomic mass is 16.5. The number of rotatable bonds is 1. The van der Waals surface area contributed by atoms with Gasteiger partial charge in [-0.15, -0.1) is 0 Å². The highest BCUT2D eigenvalue weighted by molar-refractivity contribution is 5.78. The Hall–Kier alpha value is -1.81. The van der Waals surface area contributed by atoms with E-state index in [1.54, 1.807) is 0 Å². The minimum absolute atomic E-state index is 0.0529. The maximum Gasteiger partial charge on any atom is 0.311 e. The van der Waals surface area contributed by atoms with E-state index in [0.29, 0.717) is 12.0 Å². The molecule has 4 heteroatoms. The lowest BCUT2D eigenvalue weighted by atomic mass is 9.55. The Kier molecular flexibility index (Phi) is 2.94. The first-order valence-corrected chi connectivity index (χ1v) is 9.03. The van der Waals surface area contributed by atoms with Crippen molar-refractivity contribution < 1.29 is 9.53 Å². The number of anilines is 1. The number of piperidine rings is 1. The van der Waals surface area contributed by atoms with E-state index in [-0.39, 0.29) is 23.3 Å². The molecule has 1 saturated carbocycles. The summed E-state index contributed by atoms with van der Waals surface area (Å²) in [6, 6.07) is 9.34. The monoisotopic (exact) mass is 324 g/mol. The molecule has 0 aromatic heterocycles. The number of para-hydroxylation sites is 1. The Morgan fingerprint density at radius 1 is 1.42 bits per heavy atom. The van der Waals surface area contributed by atoms with Crippen LogP contribution >= 0.6 is 0 Å². The molecule has 1 aliphatic carbocycles. The van der Waals surface area contributed by atoms with Crippen molar-refractivity contribution in [2.24, 2.45) is 11.8 Å². The first kappa shape index (κ1) is 14.5. The van der Waals surface area contributed by atoms with Crippen molar-refractivity contribution in [1.82, 2.24) is 4.90 Å². The van der Waals surface area contributed by atoms with Gasteiger partial charge in [-0.2, -0.15) is 0 Å². The number of ether oxygens (including phenoxy) is 1. The van der Waals surface area contributed by atoms with Crippen LogP contribution < -0.4 is 5.32 Å². The predicted octanol–water partition coefficient (Wildman–Crippen LogP) is 2.56. The molecule has 24 heavy (non-hydrogen) atoms. The minimum Gasteiger partial charge on any atom is -0.469 e. The molecular weight excluding hydrogens is 300 g/mol. The Bertz CT molecular complexity index is 743. The smallest absolute Gasteiger partial charge is 0.311 e. The Balaban J connectivity index is 1.71. The molecule has 4 aliphatic rings. The number of allylic oxidation sites excluding steroid dienone is 1. The van der Waals surface area contributed by atoms with Gasteiger partial charge >= 0.3 is 5.97 Å². The highest BCUT2D eigenvalue weighted by Crippen LogP contribution is 2.61. The number of hydrogen-bond acceptors (Lipinski definition) is 4. The van der Waals surface area contributed by atoms with Crippen molar-refractivity contribution in [3.63, 3.8) is 0 Å². The third kappa shape index (κ3) is 1.55. The van der Waals surface area contributed by atoms with Crippen LogP contribution in [0, 0.1) is 11.8 Å². The second kappa shape index (κ2) is 4.85. The molecule has 1 N–H and O–H groups in total. The Morgan fingerprint density at radius 2 is 2.25 bits per heavy atom. The van der Waals surface area contributed by atoms with E-state index in [9.17, 15) is 4.79 Å². The summed E-state index contributed by atoms with van der Waals surface area (Å²) in [5.41, 5.74) is 4.10. The van der Waals surface area contributed by atoms with E-state index in [0.717, 1.165) is 25.9 Å². The average molecular weight is 324 g/mol. The van der Waals surface area contributed by atoms with E-state index in [4.69, 9.17) is 4.74 Å². The van der Waals surface area contributed by atoms with Crippen molar-refractivity contribution in [2.45, 2.75) is 37.3 Å². The molecule has 2 bridgehead atoms. The lowest BCUT2D eigenvalue weighted by Gasteiger charge is -2.54. The number of carbonyl (C=O) groups is 1. The lowest BCUT2D eigenvalue weighted by molar-refractivity contribution is -0.151. The fraction of sp³-hybridized carbons (Fsp3) is 0.550. The summed E-state index contributed by atoms with van der Waals surface area (Å²) < 4.78 is 5.26. The van der Waals surface area contributed by atoms with Crippen LogP contribution in [0.4, 0.5) is 5.69 Å². The van der Waals surface area contributed by atoms with Crippen LogP contribution in [0.5, 0.6) is 0 Å². The topological polar surface area (TPSA) is 41.6 Å². The minimum atomic E-state index is -0.0925. The van der Waals surface area contributed by atoms with E-state index < -0.39 is 0 Å². The summed E-state index contributed by atoms with van der Waals surface area (Å²) in [5.74, 6) is 0.162. The number of carbonyl (C=O) groups excluding carboxylic acids is 1. The fourth-order valence-electron chi connectivity index (χ4n) is 6.19. The molecule has 3 heterocycles. The van der Waals surface area contributed by atoms with Gasteiger partial charge < -0.3 is 10.1 Å². The fourth-order valence-corrected chi connectivity index (χ4v) is 6.19. The molecule has 1 spiro atoms. The molecule has 1 unspecified atom stereocenters. The van der Waals surface area contributed by atoms with Gasteiger partial charge in [0.05, 0.1) is 19.1 Å². The van der Waals surface area contributed by atoms with Crippen molar-refractivity contribution in [3.8, 4) is 0 Å². The largest absolute Gasteiger partial charge is 0.469 e. The normalized spacial score (nSPS) is 40.8. The molecular formula is C20H24N2O2. The summed E-state index contributed by atoms with van der Waals surface area (Å²) in [5, 5.41) is 3.74. The molecule has 3 fully saturated rings. The van der Waals surface area contributed by atoms with Gasteiger partial charge in [-0.1, -0.05) is 29.8 Å². The second-order valence-electron chi connectivity index (χ2n) is 7.70. The van der Waals surface area contributed by atoms with Gasteiger partial charge in [0.25, 0.3) is 0 Å². The van der Waals surface area contributed by atoms with Gasteiger partial charge in [-0.3, -0.25) is 9.69 Å². The summed E-state index contributed by atoms with van der Waals surface area (Å²) in [6.07, 6.45) is 4.43. The molecule has 0 amide bonds. The zero-order valence-electron chi connectivity index (χ0n) is 14.3. The van der Waals surface area contributed by atoms with Crippen molar-refractivity contribution in [1.29, 1.82) is 0 Å². The van der Waals surface area contributed by atoms with E-state index in [2.05, 4.69) is 47.5 Å². The third-order valence-corrected chi connectivity index (χ3v) is 7.12. The third-order valence-electron chi connectivity index (χ3n) is 7.12. The van der Waals surface area contributed by atoms with Crippen LogP contribution in [0.2, 0.25) is 0 Å². The van der Waals surface area contributed by atoms with Crippen molar-refractivity contribution in [2.75, 3.05) is 25.5 Å². The molecule has 1 aromatic carbocycles. The first-order valence-electron chi connectivity index (χ1n) is 9.03. The number of hydrogen-bond donors (Lipinski definition) is 1. The van der Waals surface area contributed by atoms with E-state index in [1.165, 1.54) is 23.9 Å². The number of fused-ring (bicyclic) bond motifs is 2. The van der Waals surface area contributed by atoms with Gasteiger partial charge in [0, 0.05) is 23.7 Å². The highest BCUT2D eigenvalue weighted by Gasteiger charge is 2.66. The molecule has 126 valence electrons. The number of nitrogens with one attached hydrogen (secondary N) is 1. The van der Waals surface area contributed by atoms with Crippen LogP contribution in [-0.4, -0.2) is 43.2 Å².